The summed E-state index contributed by atoms with van der Waals surface area (Å²) in [6.45, 7) is 11.9. The summed E-state index contributed by atoms with van der Waals surface area (Å²) in [6, 6.07) is 6.93. The molecule has 9 nitrogen and oxygen atoms in total. The Balaban J connectivity index is 1.38. The molecule has 1 amide bonds. The van der Waals surface area contributed by atoms with Crippen molar-refractivity contribution < 1.29 is 23.1 Å². The standard InChI is InChI=1S/C24H40N4O5S/c1-24(2,3)33-23(30)28-13-9-20(10-14-28)8-12-26-15-17-27(18-16-26)21-4-6-22(7-5-21)34(31,32)25-11-19-29/h4-7,20,25,29H,8-19H2,1-3H3. The molecule has 1 aromatic carbocycles. The first-order valence-corrected chi connectivity index (χ1v) is 13.7. The first-order chi connectivity index (χ1) is 16.1. The van der Waals surface area contributed by atoms with Gasteiger partial charge in [0.1, 0.15) is 5.60 Å². The molecule has 0 atom stereocenters. The summed E-state index contributed by atoms with van der Waals surface area (Å²) in [5.41, 5.74) is 0.572. The van der Waals surface area contributed by atoms with E-state index in [0.29, 0.717) is 5.92 Å². The van der Waals surface area contributed by atoms with E-state index in [-0.39, 0.29) is 24.1 Å². The van der Waals surface area contributed by atoms with Gasteiger partial charge in [-0.2, -0.15) is 0 Å². The molecule has 2 saturated heterocycles. The third kappa shape index (κ3) is 7.83. The van der Waals surface area contributed by atoms with Crippen LogP contribution in [-0.2, 0) is 14.8 Å². The molecule has 2 aliphatic heterocycles. The van der Waals surface area contributed by atoms with Crippen LogP contribution in [0.2, 0.25) is 0 Å². The van der Waals surface area contributed by atoms with E-state index in [0.717, 1.165) is 70.8 Å². The summed E-state index contributed by atoms with van der Waals surface area (Å²) in [4.78, 5) is 19.1. The van der Waals surface area contributed by atoms with Gasteiger partial charge in [0, 0.05) is 51.5 Å². The van der Waals surface area contributed by atoms with Gasteiger partial charge in [-0.15, -0.1) is 0 Å². The van der Waals surface area contributed by atoms with Crippen LogP contribution in [0.25, 0.3) is 0 Å². The number of hydrogen-bond donors (Lipinski definition) is 2. The Morgan fingerprint density at radius 1 is 1.06 bits per heavy atom. The zero-order valence-electron chi connectivity index (χ0n) is 20.7. The molecule has 0 saturated carbocycles. The van der Waals surface area contributed by atoms with Gasteiger partial charge in [0.05, 0.1) is 11.5 Å². The predicted octanol–water partition coefficient (Wildman–Crippen LogP) is 2.12. The highest BCUT2D eigenvalue weighted by molar-refractivity contribution is 7.89. The molecule has 2 N–H and O–H groups in total. The van der Waals surface area contributed by atoms with E-state index in [4.69, 9.17) is 9.84 Å². The average Bonchev–Trinajstić information content (AvgIpc) is 2.81. The Kier molecular flexibility index (Phi) is 9.20. The molecule has 1 aromatic rings. The summed E-state index contributed by atoms with van der Waals surface area (Å²) < 4.78 is 32.2. The Morgan fingerprint density at radius 3 is 2.24 bits per heavy atom. The SMILES string of the molecule is CC(C)(C)OC(=O)N1CCC(CCN2CCN(c3ccc(S(=O)(=O)NCCO)cc3)CC2)CC1. The van der Waals surface area contributed by atoms with Gasteiger partial charge in [0.15, 0.2) is 0 Å². The number of piperazine rings is 1. The number of benzene rings is 1. The second kappa shape index (κ2) is 11.7. The van der Waals surface area contributed by atoms with E-state index in [1.165, 1.54) is 0 Å². The minimum absolute atomic E-state index is 0.00883. The number of hydrogen-bond acceptors (Lipinski definition) is 7. The molecule has 0 aromatic heterocycles. The third-order valence-corrected chi connectivity index (χ3v) is 7.89. The smallest absolute Gasteiger partial charge is 0.410 e. The minimum atomic E-state index is -3.58. The number of nitrogens with one attached hydrogen (secondary N) is 1. The van der Waals surface area contributed by atoms with Crippen molar-refractivity contribution in [2.24, 2.45) is 5.92 Å². The molecule has 2 fully saturated rings. The van der Waals surface area contributed by atoms with E-state index >= 15 is 0 Å². The van der Waals surface area contributed by atoms with Crippen molar-refractivity contribution in [3.63, 3.8) is 0 Å². The van der Waals surface area contributed by atoms with Crippen LogP contribution in [0.1, 0.15) is 40.0 Å². The molecule has 34 heavy (non-hydrogen) atoms. The predicted molar refractivity (Wildman–Crippen MR) is 133 cm³/mol. The molecule has 10 heteroatoms. The third-order valence-electron chi connectivity index (χ3n) is 6.41. The number of anilines is 1. The normalized spacial score (nSPS) is 18.8. The van der Waals surface area contributed by atoms with Crippen LogP contribution in [0.15, 0.2) is 29.2 Å². The van der Waals surface area contributed by atoms with E-state index < -0.39 is 15.6 Å². The second-order valence-corrected chi connectivity index (χ2v) is 11.9. The number of aliphatic hydroxyl groups is 1. The van der Waals surface area contributed by atoms with E-state index in [2.05, 4.69) is 14.5 Å². The first-order valence-electron chi connectivity index (χ1n) is 12.2. The fourth-order valence-electron chi connectivity index (χ4n) is 4.42. The number of likely N-dealkylation sites (tertiary alicyclic amines) is 1. The van der Waals surface area contributed by atoms with Crippen LogP contribution in [0.3, 0.4) is 0 Å². The molecular formula is C24H40N4O5S. The van der Waals surface area contributed by atoms with Crippen LogP contribution >= 0.6 is 0 Å². The van der Waals surface area contributed by atoms with E-state index in [1.54, 1.807) is 12.1 Å². The van der Waals surface area contributed by atoms with Gasteiger partial charge in [-0.25, -0.2) is 17.9 Å². The number of carbonyl (C=O) groups is 1. The molecular weight excluding hydrogens is 456 g/mol. The van der Waals surface area contributed by atoms with Crippen molar-refractivity contribution in [1.82, 2.24) is 14.5 Å². The van der Waals surface area contributed by atoms with Crippen LogP contribution < -0.4 is 9.62 Å². The quantitative estimate of drug-likeness (QED) is 0.568. The Morgan fingerprint density at radius 2 is 1.68 bits per heavy atom. The van der Waals surface area contributed by atoms with Crippen molar-refractivity contribution in [3.05, 3.63) is 24.3 Å². The molecule has 0 aliphatic carbocycles. The largest absolute Gasteiger partial charge is 0.444 e. The lowest BCUT2D eigenvalue weighted by Crippen LogP contribution is -2.47. The van der Waals surface area contributed by atoms with Crippen molar-refractivity contribution in [3.8, 4) is 0 Å². The van der Waals surface area contributed by atoms with Gasteiger partial charge in [0.2, 0.25) is 10.0 Å². The molecule has 0 radical (unpaired) electrons. The molecule has 0 unspecified atom stereocenters. The van der Waals surface area contributed by atoms with Crippen LogP contribution in [0.4, 0.5) is 10.5 Å². The molecule has 0 spiro atoms. The average molecular weight is 497 g/mol. The Hall–Kier alpha value is -1.88. The summed E-state index contributed by atoms with van der Waals surface area (Å²) in [5.74, 6) is 0.644. The summed E-state index contributed by atoms with van der Waals surface area (Å²) in [6.07, 6.45) is 3.01. The second-order valence-electron chi connectivity index (χ2n) is 10.1. The number of sulfonamides is 1. The Labute approximate surface area is 204 Å². The Bertz CT molecular complexity index is 885. The van der Waals surface area contributed by atoms with Crippen molar-refractivity contribution in [2.45, 2.75) is 50.5 Å². The highest BCUT2D eigenvalue weighted by Crippen LogP contribution is 2.24. The lowest BCUT2D eigenvalue weighted by atomic mass is 9.93. The van der Waals surface area contributed by atoms with Crippen LogP contribution in [-0.4, -0.2) is 94.0 Å². The zero-order chi connectivity index (χ0) is 24.8. The topological polar surface area (TPSA) is 102 Å². The maximum absolute atomic E-state index is 12.2. The molecule has 3 rings (SSSR count). The molecule has 192 valence electrons. The summed E-state index contributed by atoms with van der Waals surface area (Å²) in [7, 11) is -3.58. The maximum atomic E-state index is 12.2. The first kappa shape index (κ1) is 26.7. The van der Waals surface area contributed by atoms with Gasteiger partial charge in [-0.05, 0) is 76.8 Å². The lowest BCUT2D eigenvalue weighted by Gasteiger charge is -2.38. The number of carbonyl (C=O) groups excluding carboxylic acids is 1. The van der Waals surface area contributed by atoms with Crippen LogP contribution in [0.5, 0.6) is 0 Å². The van der Waals surface area contributed by atoms with Crippen molar-refractivity contribution >= 4 is 21.8 Å². The van der Waals surface area contributed by atoms with E-state index in [1.807, 2.05) is 37.8 Å². The highest BCUT2D eigenvalue weighted by atomic mass is 32.2. The van der Waals surface area contributed by atoms with E-state index in [9.17, 15) is 13.2 Å². The van der Waals surface area contributed by atoms with Gasteiger partial charge in [-0.1, -0.05) is 0 Å². The van der Waals surface area contributed by atoms with Gasteiger partial charge in [0.25, 0.3) is 0 Å². The fourth-order valence-corrected chi connectivity index (χ4v) is 5.45. The van der Waals surface area contributed by atoms with Gasteiger partial charge < -0.3 is 19.6 Å². The molecule has 2 aliphatic rings. The van der Waals surface area contributed by atoms with Crippen molar-refractivity contribution in [1.29, 1.82) is 0 Å². The van der Waals surface area contributed by atoms with Gasteiger partial charge >= 0.3 is 6.09 Å². The van der Waals surface area contributed by atoms with Gasteiger partial charge in [-0.3, -0.25) is 4.90 Å². The van der Waals surface area contributed by atoms with Crippen molar-refractivity contribution in [2.75, 3.05) is 63.9 Å². The molecule has 0 bridgehead atoms. The zero-order valence-corrected chi connectivity index (χ0v) is 21.5. The number of amides is 1. The fraction of sp³-hybridized carbons (Fsp3) is 0.708. The number of aliphatic hydroxyl groups excluding tert-OH is 1. The summed E-state index contributed by atoms with van der Waals surface area (Å²) in [5, 5.41) is 8.83. The number of nitrogens with zero attached hydrogens (tertiary/aromatic N) is 3. The lowest BCUT2D eigenvalue weighted by molar-refractivity contribution is 0.0177. The van der Waals surface area contributed by atoms with Crippen LogP contribution in [0, 0.1) is 5.92 Å². The monoisotopic (exact) mass is 496 g/mol. The number of ether oxygens (including phenoxy) is 1. The maximum Gasteiger partial charge on any atom is 0.410 e. The number of piperidine rings is 1. The summed E-state index contributed by atoms with van der Waals surface area (Å²) >= 11 is 0. The highest BCUT2D eigenvalue weighted by Gasteiger charge is 2.27. The number of rotatable bonds is 8. The molecule has 2 heterocycles. The minimum Gasteiger partial charge on any atom is -0.444 e.